The summed E-state index contributed by atoms with van der Waals surface area (Å²) in [4.78, 5) is 16.6. The molecule has 0 radical (unpaired) electrons. The summed E-state index contributed by atoms with van der Waals surface area (Å²) in [5, 5.41) is 3.82. The van der Waals surface area contributed by atoms with Crippen LogP contribution in [0.5, 0.6) is 0 Å². The maximum atomic E-state index is 11.3. The van der Waals surface area contributed by atoms with Crippen LogP contribution in [0.1, 0.15) is 17.2 Å². The van der Waals surface area contributed by atoms with Gasteiger partial charge in [0.05, 0.1) is 5.92 Å². The summed E-state index contributed by atoms with van der Waals surface area (Å²) in [6.45, 7) is 2.39. The first-order valence-electron chi connectivity index (χ1n) is 5.24. The number of carbonyl (C=O) groups is 1. The van der Waals surface area contributed by atoms with Crippen molar-refractivity contribution in [2.75, 3.05) is 6.61 Å². The Balaban J connectivity index is 1.95. The summed E-state index contributed by atoms with van der Waals surface area (Å²) in [7, 11) is 0. The fraction of sp³-hybridized carbons (Fsp3) is 0.333. The van der Waals surface area contributed by atoms with E-state index in [1.807, 2.05) is 31.2 Å². The van der Waals surface area contributed by atoms with Gasteiger partial charge < -0.3 is 9.57 Å². The molecular formula is C12H11NO3. The number of benzene rings is 1. The molecule has 2 heterocycles. The Bertz CT molecular complexity index is 481. The predicted molar refractivity (Wildman–Crippen MR) is 56.9 cm³/mol. The average Bonchev–Trinajstić information content (AvgIpc) is 2.83. The topological polar surface area (TPSA) is 47.9 Å². The summed E-state index contributed by atoms with van der Waals surface area (Å²) in [5.74, 6) is -0.394. The van der Waals surface area contributed by atoms with Crippen molar-refractivity contribution in [2.24, 2.45) is 11.1 Å². The molecule has 16 heavy (non-hydrogen) atoms. The van der Waals surface area contributed by atoms with Gasteiger partial charge in [-0.15, -0.1) is 0 Å². The van der Waals surface area contributed by atoms with Gasteiger partial charge >= 0.3 is 5.97 Å². The standard InChI is InChI=1S/C12H11NO3/c1-7-4-2-3-5-8(7)11-9-6-15-12(14)10(9)13-16-11/h2-5,9,11H,6H2,1H3/t9-,11+/m0/s1. The molecular weight excluding hydrogens is 206 g/mol. The first-order valence-corrected chi connectivity index (χ1v) is 5.24. The highest BCUT2D eigenvalue weighted by Gasteiger charge is 2.45. The minimum Gasteiger partial charge on any atom is -0.460 e. The molecule has 1 fully saturated rings. The number of aryl methyl sites for hydroxylation is 1. The molecule has 1 aromatic rings. The number of ether oxygens (including phenoxy) is 1. The summed E-state index contributed by atoms with van der Waals surface area (Å²) >= 11 is 0. The van der Waals surface area contributed by atoms with Crippen LogP contribution in [-0.4, -0.2) is 18.3 Å². The zero-order chi connectivity index (χ0) is 11.1. The maximum absolute atomic E-state index is 11.3. The SMILES string of the molecule is Cc1ccccc1[C@H]1ON=C2C(=O)OC[C@@H]21. The van der Waals surface area contributed by atoms with E-state index in [1.165, 1.54) is 0 Å². The minimum absolute atomic E-state index is 0.0476. The Kier molecular flexibility index (Phi) is 1.96. The van der Waals surface area contributed by atoms with E-state index in [-0.39, 0.29) is 18.0 Å². The van der Waals surface area contributed by atoms with Crippen LogP contribution < -0.4 is 0 Å². The summed E-state index contributed by atoms with van der Waals surface area (Å²) in [6.07, 6.45) is -0.178. The smallest absolute Gasteiger partial charge is 0.356 e. The van der Waals surface area contributed by atoms with Crippen LogP contribution in [0.2, 0.25) is 0 Å². The van der Waals surface area contributed by atoms with Gasteiger partial charge in [-0.2, -0.15) is 0 Å². The number of carbonyl (C=O) groups excluding carboxylic acids is 1. The van der Waals surface area contributed by atoms with Crippen LogP contribution in [0.4, 0.5) is 0 Å². The summed E-state index contributed by atoms with van der Waals surface area (Å²) in [6, 6.07) is 7.96. The van der Waals surface area contributed by atoms with E-state index in [1.54, 1.807) is 0 Å². The lowest BCUT2D eigenvalue weighted by Crippen LogP contribution is -2.17. The van der Waals surface area contributed by atoms with Crippen LogP contribution in [0, 0.1) is 12.8 Å². The Morgan fingerprint density at radius 3 is 3.00 bits per heavy atom. The second-order valence-corrected chi connectivity index (χ2v) is 4.06. The van der Waals surface area contributed by atoms with Gasteiger partial charge in [0.15, 0.2) is 11.8 Å². The molecule has 2 aliphatic rings. The van der Waals surface area contributed by atoms with E-state index in [9.17, 15) is 4.79 Å². The van der Waals surface area contributed by atoms with Crippen molar-refractivity contribution in [3.8, 4) is 0 Å². The number of nitrogens with zero attached hydrogens (tertiary/aromatic N) is 1. The van der Waals surface area contributed by atoms with Gasteiger partial charge in [0, 0.05) is 0 Å². The molecule has 0 saturated carbocycles. The maximum Gasteiger partial charge on any atom is 0.356 e. The number of hydrogen-bond acceptors (Lipinski definition) is 4. The van der Waals surface area contributed by atoms with E-state index < -0.39 is 0 Å². The van der Waals surface area contributed by atoms with Gasteiger partial charge in [-0.25, -0.2) is 4.79 Å². The second-order valence-electron chi connectivity index (χ2n) is 4.06. The molecule has 0 unspecified atom stereocenters. The normalized spacial score (nSPS) is 27.1. The quantitative estimate of drug-likeness (QED) is 0.671. The first-order chi connectivity index (χ1) is 7.77. The molecule has 2 atom stereocenters. The summed E-state index contributed by atoms with van der Waals surface area (Å²) in [5.41, 5.74) is 2.64. The Morgan fingerprint density at radius 2 is 2.19 bits per heavy atom. The Morgan fingerprint density at radius 1 is 1.38 bits per heavy atom. The highest BCUT2D eigenvalue weighted by molar-refractivity contribution is 6.39. The largest absolute Gasteiger partial charge is 0.460 e. The molecule has 4 nitrogen and oxygen atoms in total. The number of rotatable bonds is 1. The summed E-state index contributed by atoms with van der Waals surface area (Å²) < 4.78 is 4.96. The average molecular weight is 217 g/mol. The van der Waals surface area contributed by atoms with Crippen molar-refractivity contribution in [3.63, 3.8) is 0 Å². The lowest BCUT2D eigenvalue weighted by Gasteiger charge is -2.15. The zero-order valence-electron chi connectivity index (χ0n) is 8.84. The zero-order valence-corrected chi connectivity index (χ0v) is 8.84. The fourth-order valence-corrected chi connectivity index (χ4v) is 2.17. The molecule has 3 rings (SSSR count). The third-order valence-electron chi connectivity index (χ3n) is 3.08. The number of oxime groups is 1. The fourth-order valence-electron chi connectivity index (χ4n) is 2.17. The molecule has 1 saturated heterocycles. The van der Waals surface area contributed by atoms with Crippen molar-refractivity contribution in [3.05, 3.63) is 35.4 Å². The molecule has 0 aromatic heterocycles. The van der Waals surface area contributed by atoms with E-state index in [0.717, 1.165) is 11.1 Å². The van der Waals surface area contributed by atoms with Crippen LogP contribution in [-0.2, 0) is 14.4 Å². The monoisotopic (exact) mass is 217 g/mol. The lowest BCUT2D eigenvalue weighted by molar-refractivity contribution is -0.134. The molecule has 0 N–H and O–H groups in total. The molecule has 0 amide bonds. The van der Waals surface area contributed by atoms with Crippen molar-refractivity contribution in [1.29, 1.82) is 0 Å². The molecule has 0 bridgehead atoms. The number of cyclic esters (lactones) is 1. The molecule has 4 heteroatoms. The van der Waals surface area contributed by atoms with Gasteiger partial charge in [-0.05, 0) is 18.1 Å². The van der Waals surface area contributed by atoms with Crippen molar-refractivity contribution < 1.29 is 14.4 Å². The van der Waals surface area contributed by atoms with E-state index in [2.05, 4.69) is 5.16 Å². The highest BCUT2D eigenvalue weighted by Crippen LogP contribution is 2.37. The minimum atomic E-state index is -0.346. The third kappa shape index (κ3) is 1.23. The molecule has 0 aliphatic carbocycles. The third-order valence-corrected chi connectivity index (χ3v) is 3.08. The van der Waals surface area contributed by atoms with Gasteiger partial charge in [0.2, 0.25) is 0 Å². The van der Waals surface area contributed by atoms with Crippen molar-refractivity contribution >= 4 is 11.7 Å². The van der Waals surface area contributed by atoms with E-state index in [4.69, 9.17) is 9.57 Å². The molecule has 1 aromatic carbocycles. The van der Waals surface area contributed by atoms with Crippen LogP contribution >= 0.6 is 0 Å². The van der Waals surface area contributed by atoms with Crippen molar-refractivity contribution in [2.45, 2.75) is 13.0 Å². The van der Waals surface area contributed by atoms with Gasteiger partial charge in [0.25, 0.3) is 0 Å². The Labute approximate surface area is 92.8 Å². The van der Waals surface area contributed by atoms with Crippen LogP contribution in [0.25, 0.3) is 0 Å². The molecule has 2 aliphatic heterocycles. The van der Waals surface area contributed by atoms with E-state index >= 15 is 0 Å². The highest BCUT2D eigenvalue weighted by atomic mass is 16.7. The molecule has 82 valence electrons. The number of hydrogen-bond donors (Lipinski definition) is 0. The Hall–Kier alpha value is -1.84. The van der Waals surface area contributed by atoms with E-state index in [0.29, 0.717) is 12.3 Å². The van der Waals surface area contributed by atoms with Crippen LogP contribution in [0.15, 0.2) is 29.4 Å². The first kappa shape index (κ1) is 9.39. The second kappa shape index (κ2) is 3.33. The predicted octanol–water partition coefficient (Wildman–Crippen LogP) is 1.60. The lowest BCUT2D eigenvalue weighted by atomic mass is 9.92. The van der Waals surface area contributed by atoms with Gasteiger partial charge in [-0.1, -0.05) is 29.4 Å². The van der Waals surface area contributed by atoms with Crippen LogP contribution in [0.3, 0.4) is 0 Å². The van der Waals surface area contributed by atoms with Gasteiger partial charge in [0.1, 0.15) is 6.61 Å². The number of esters is 1. The number of fused-ring (bicyclic) bond motifs is 1. The molecule has 0 spiro atoms. The van der Waals surface area contributed by atoms with Gasteiger partial charge in [-0.3, -0.25) is 0 Å². The van der Waals surface area contributed by atoms with Crippen molar-refractivity contribution in [1.82, 2.24) is 0 Å².